The van der Waals surface area contributed by atoms with Gasteiger partial charge in [0, 0.05) is 17.8 Å². The summed E-state index contributed by atoms with van der Waals surface area (Å²) in [5, 5.41) is 7.05. The smallest absolute Gasteiger partial charge is 0.322 e. The average Bonchev–Trinajstić information content (AvgIpc) is 3.38. The number of urea groups is 1. The molecule has 7 heteroatoms. The minimum atomic E-state index is -0.219. The van der Waals surface area contributed by atoms with E-state index in [-0.39, 0.29) is 12.1 Å². The Labute approximate surface area is 163 Å². The van der Waals surface area contributed by atoms with E-state index in [4.69, 9.17) is 9.26 Å². The minimum Gasteiger partial charge on any atom is -0.497 e. The highest BCUT2D eigenvalue weighted by Gasteiger charge is 2.34. The summed E-state index contributed by atoms with van der Waals surface area (Å²) in [6.45, 7) is 2.66. The van der Waals surface area contributed by atoms with Crippen molar-refractivity contribution in [2.75, 3.05) is 19.0 Å². The van der Waals surface area contributed by atoms with Crippen LogP contribution in [0.2, 0.25) is 0 Å². The fourth-order valence-corrected chi connectivity index (χ4v) is 3.44. The number of likely N-dealkylation sites (tertiary alicyclic amines) is 1. The molecule has 1 saturated heterocycles. The maximum Gasteiger partial charge on any atom is 0.322 e. The van der Waals surface area contributed by atoms with Gasteiger partial charge in [-0.2, -0.15) is 4.98 Å². The predicted octanol–water partition coefficient (Wildman–Crippen LogP) is 4.42. The van der Waals surface area contributed by atoms with Crippen molar-refractivity contribution in [1.29, 1.82) is 0 Å². The molecule has 2 aromatic carbocycles. The molecule has 1 fully saturated rings. The highest BCUT2D eigenvalue weighted by Crippen LogP contribution is 2.33. The average molecular weight is 378 g/mol. The second-order valence-corrected chi connectivity index (χ2v) is 6.78. The van der Waals surface area contributed by atoms with Gasteiger partial charge in [-0.15, -0.1) is 0 Å². The molecule has 28 heavy (non-hydrogen) atoms. The summed E-state index contributed by atoms with van der Waals surface area (Å²) < 4.78 is 10.7. The molecule has 2 heterocycles. The normalized spacial score (nSPS) is 16.2. The summed E-state index contributed by atoms with van der Waals surface area (Å²) in [6, 6.07) is 14.7. The summed E-state index contributed by atoms with van der Waals surface area (Å²) >= 11 is 0. The second-order valence-electron chi connectivity index (χ2n) is 6.78. The van der Waals surface area contributed by atoms with E-state index in [0.29, 0.717) is 23.9 Å². The Balaban J connectivity index is 1.50. The standard InChI is InChI=1S/C21H22N4O3/c1-14-6-3-4-7-17(14)19-23-20(28-24-19)18-8-5-13-25(18)21(26)22-15-9-11-16(27-2)12-10-15/h3-4,6-7,9-12,18H,5,8,13H2,1-2H3,(H,22,26)/t18-/m1/s1. The molecule has 0 aliphatic carbocycles. The van der Waals surface area contributed by atoms with Gasteiger partial charge in [-0.25, -0.2) is 4.79 Å². The lowest BCUT2D eigenvalue weighted by atomic mass is 10.1. The Morgan fingerprint density at radius 2 is 2.00 bits per heavy atom. The second kappa shape index (κ2) is 7.72. The summed E-state index contributed by atoms with van der Waals surface area (Å²) in [7, 11) is 1.61. The largest absolute Gasteiger partial charge is 0.497 e. The summed E-state index contributed by atoms with van der Waals surface area (Å²) in [6.07, 6.45) is 1.69. The molecule has 1 atom stereocenters. The first-order valence-corrected chi connectivity index (χ1v) is 9.27. The number of hydrogen-bond donors (Lipinski definition) is 1. The summed E-state index contributed by atoms with van der Waals surface area (Å²) in [5.74, 6) is 1.77. The number of anilines is 1. The summed E-state index contributed by atoms with van der Waals surface area (Å²) in [4.78, 5) is 19.1. The van der Waals surface area contributed by atoms with Gasteiger partial charge in [0.15, 0.2) is 0 Å². The van der Waals surface area contributed by atoms with Crippen molar-refractivity contribution in [2.45, 2.75) is 25.8 Å². The number of nitrogens with one attached hydrogen (secondary N) is 1. The molecule has 1 aromatic heterocycles. The number of aryl methyl sites for hydroxylation is 1. The third-order valence-electron chi connectivity index (χ3n) is 4.97. The van der Waals surface area contributed by atoms with Crippen molar-refractivity contribution in [3.8, 4) is 17.1 Å². The van der Waals surface area contributed by atoms with Gasteiger partial charge in [0.2, 0.25) is 11.7 Å². The van der Waals surface area contributed by atoms with Crippen LogP contribution in [0.4, 0.5) is 10.5 Å². The predicted molar refractivity (Wildman–Crippen MR) is 105 cm³/mol. The number of ether oxygens (including phenoxy) is 1. The molecule has 0 spiro atoms. The highest BCUT2D eigenvalue weighted by atomic mass is 16.5. The van der Waals surface area contributed by atoms with E-state index in [1.165, 1.54) is 0 Å². The number of amides is 2. The van der Waals surface area contributed by atoms with E-state index in [1.807, 2.05) is 55.5 Å². The van der Waals surface area contributed by atoms with Crippen molar-refractivity contribution in [1.82, 2.24) is 15.0 Å². The van der Waals surface area contributed by atoms with E-state index in [9.17, 15) is 4.79 Å². The van der Waals surface area contributed by atoms with Crippen LogP contribution in [0.1, 0.15) is 30.3 Å². The molecule has 0 unspecified atom stereocenters. The highest BCUT2D eigenvalue weighted by molar-refractivity contribution is 5.89. The first-order valence-electron chi connectivity index (χ1n) is 9.27. The van der Waals surface area contributed by atoms with Gasteiger partial charge >= 0.3 is 6.03 Å². The molecular formula is C21H22N4O3. The van der Waals surface area contributed by atoms with Crippen molar-refractivity contribution in [3.63, 3.8) is 0 Å². The fraction of sp³-hybridized carbons (Fsp3) is 0.286. The Kier molecular flexibility index (Phi) is 4.97. The zero-order valence-corrected chi connectivity index (χ0v) is 15.9. The molecule has 7 nitrogen and oxygen atoms in total. The molecule has 1 N–H and O–H groups in total. The number of rotatable bonds is 4. The molecule has 4 rings (SSSR count). The number of carbonyl (C=O) groups is 1. The zero-order chi connectivity index (χ0) is 19.5. The van der Waals surface area contributed by atoms with Gasteiger partial charge in [0.1, 0.15) is 11.8 Å². The molecule has 1 aliphatic heterocycles. The number of nitrogens with zero attached hydrogens (tertiary/aromatic N) is 3. The van der Waals surface area contributed by atoms with Crippen LogP contribution in [0.15, 0.2) is 53.1 Å². The molecule has 3 aromatic rings. The Morgan fingerprint density at radius 1 is 1.21 bits per heavy atom. The molecule has 0 bridgehead atoms. The van der Waals surface area contributed by atoms with E-state index in [0.717, 1.165) is 29.7 Å². The van der Waals surface area contributed by atoms with E-state index in [2.05, 4.69) is 15.5 Å². The number of hydrogen-bond acceptors (Lipinski definition) is 5. The number of benzene rings is 2. The van der Waals surface area contributed by atoms with Crippen LogP contribution in [0.25, 0.3) is 11.4 Å². The zero-order valence-electron chi connectivity index (χ0n) is 15.9. The minimum absolute atomic E-state index is 0.177. The fourth-order valence-electron chi connectivity index (χ4n) is 3.44. The SMILES string of the molecule is COc1ccc(NC(=O)N2CCC[C@@H]2c2nc(-c3ccccc3C)no2)cc1. The Hall–Kier alpha value is -3.35. The maximum absolute atomic E-state index is 12.8. The lowest BCUT2D eigenvalue weighted by Crippen LogP contribution is -2.34. The number of methoxy groups -OCH3 is 1. The van der Waals surface area contributed by atoms with Gasteiger partial charge in [0.25, 0.3) is 0 Å². The van der Waals surface area contributed by atoms with Crippen molar-refractivity contribution in [3.05, 3.63) is 60.0 Å². The van der Waals surface area contributed by atoms with Gasteiger partial charge < -0.3 is 19.5 Å². The first-order chi connectivity index (χ1) is 13.7. The van der Waals surface area contributed by atoms with Crippen LogP contribution in [0, 0.1) is 6.92 Å². The first kappa shape index (κ1) is 18.0. The van der Waals surface area contributed by atoms with Gasteiger partial charge in [0.05, 0.1) is 7.11 Å². The lowest BCUT2D eigenvalue weighted by Gasteiger charge is -2.22. The van der Waals surface area contributed by atoms with Crippen LogP contribution in [0.5, 0.6) is 5.75 Å². The topological polar surface area (TPSA) is 80.5 Å². The monoisotopic (exact) mass is 378 g/mol. The molecule has 0 saturated carbocycles. The molecule has 1 aliphatic rings. The number of aromatic nitrogens is 2. The maximum atomic E-state index is 12.8. The molecule has 144 valence electrons. The van der Waals surface area contributed by atoms with E-state index < -0.39 is 0 Å². The van der Waals surface area contributed by atoms with Crippen molar-refractivity contribution < 1.29 is 14.1 Å². The molecule has 2 amide bonds. The molecular weight excluding hydrogens is 356 g/mol. The van der Waals surface area contributed by atoms with Gasteiger partial charge in [-0.3, -0.25) is 0 Å². The van der Waals surface area contributed by atoms with E-state index >= 15 is 0 Å². The lowest BCUT2D eigenvalue weighted by molar-refractivity contribution is 0.193. The third kappa shape index (κ3) is 3.55. The van der Waals surface area contributed by atoms with Crippen molar-refractivity contribution in [2.24, 2.45) is 0 Å². The van der Waals surface area contributed by atoms with Gasteiger partial charge in [-0.05, 0) is 49.6 Å². The number of carbonyl (C=O) groups excluding carboxylic acids is 1. The Bertz CT molecular complexity index is 968. The van der Waals surface area contributed by atoms with Crippen LogP contribution >= 0.6 is 0 Å². The van der Waals surface area contributed by atoms with E-state index in [1.54, 1.807) is 12.0 Å². The third-order valence-corrected chi connectivity index (χ3v) is 4.97. The molecule has 0 radical (unpaired) electrons. The Morgan fingerprint density at radius 3 is 2.75 bits per heavy atom. The van der Waals surface area contributed by atoms with Crippen LogP contribution in [-0.2, 0) is 0 Å². The van der Waals surface area contributed by atoms with Gasteiger partial charge in [-0.1, -0.05) is 29.4 Å². The van der Waals surface area contributed by atoms with Crippen LogP contribution in [0.3, 0.4) is 0 Å². The van der Waals surface area contributed by atoms with Crippen LogP contribution in [-0.4, -0.2) is 34.7 Å². The van der Waals surface area contributed by atoms with Crippen molar-refractivity contribution >= 4 is 11.7 Å². The van der Waals surface area contributed by atoms with Crippen LogP contribution < -0.4 is 10.1 Å². The summed E-state index contributed by atoms with van der Waals surface area (Å²) in [5.41, 5.74) is 2.72. The quantitative estimate of drug-likeness (QED) is 0.727.